The fraction of sp³-hybridized carbons (Fsp3) is 0.231. The Kier molecular flexibility index (Phi) is 4.17. The molecule has 1 aromatic heterocycles. The number of hydrogen-bond donors (Lipinski definition) is 2. The van der Waals surface area contributed by atoms with Crippen LogP contribution in [0.1, 0.15) is 18.1 Å². The molecule has 2 rings (SSSR count). The molecule has 0 radical (unpaired) electrons. The van der Waals surface area contributed by atoms with Gasteiger partial charge in [0.15, 0.2) is 0 Å². The second-order valence-corrected chi connectivity index (χ2v) is 4.98. The molecule has 0 atom stereocenters. The van der Waals surface area contributed by atoms with Crippen molar-refractivity contribution in [2.75, 3.05) is 5.43 Å². The highest BCUT2D eigenvalue weighted by Gasteiger charge is 2.10. The summed E-state index contributed by atoms with van der Waals surface area (Å²) in [5.41, 5.74) is 4.91. The predicted molar refractivity (Wildman–Crippen MR) is 74.5 cm³/mol. The summed E-state index contributed by atoms with van der Waals surface area (Å²) in [5.74, 6) is 6.16. The predicted octanol–water partition coefficient (Wildman–Crippen LogP) is 2.78. The highest BCUT2D eigenvalue weighted by Crippen LogP contribution is 2.31. The molecular formula is C13H16N4S. The minimum atomic E-state index is 0.697. The van der Waals surface area contributed by atoms with E-state index in [1.54, 1.807) is 11.8 Å². The zero-order valence-electron chi connectivity index (χ0n) is 10.5. The molecule has 5 heteroatoms. The summed E-state index contributed by atoms with van der Waals surface area (Å²) in [6.07, 6.45) is 2.38. The van der Waals surface area contributed by atoms with Crippen LogP contribution in [0, 0.1) is 6.92 Å². The summed E-state index contributed by atoms with van der Waals surface area (Å²) in [7, 11) is 0. The molecule has 0 aliphatic rings. The van der Waals surface area contributed by atoms with E-state index in [2.05, 4.69) is 47.4 Å². The van der Waals surface area contributed by atoms with Crippen LogP contribution in [0.5, 0.6) is 0 Å². The van der Waals surface area contributed by atoms with E-state index < -0.39 is 0 Å². The third-order valence-corrected chi connectivity index (χ3v) is 3.63. The number of aromatic nitrogens is 2. The molecule has 0 fully saturated rings. The zero-order valence-corrected chi connectivity index (χ0v) is 11.3. The maximum absolute atomic E-state index is 5.46. The van der Waals surface area contributed by atoms with E-state index in [-0.39, 0.29) is 0 Å². The first kappa shape index (κ1) is 12.9. The van der Waals surface area contributed by atoms with Crippen molar-refractivity contribution in [3.63, 3.8) is 0 Å². The van der Waals surface area contributed by atoms with Crippen LogP contribution in [0.15, 0.2) is 40.5 Å². The molecule has 0 amide bonds. The smallest absolute Gasteiger partial charge is 0.147 e. The van der Waals surface area contributed by atoms with Crippen molar-refractivity contribution in [2.45, 2.75) is 30.2 Å². The van der Waals surface area contributed by atoms with Gasteiger partial charge in [-0.1, -0.05) is 36.4 Å². The van der Waals surface area contributed by atoms with E-state index in [0.29, 0.717) is 5.82 Å². The van der Waals surface area contributed by atoms with Crippen LogP contribution < -0.4 is 11.3 Å². The topological polar surface area (TPSA) is 63.8 Å². The van der Waals surface area contributed by atoms with Gasteiger partial charge in [-0.05, 0) is 25.5 Å². The van der Waals surface area contributed by atoms with Gasteiger partial charge in [0.05, 0.1) is 0 Å². The summed E-state index contributed by atoms with van der Waals surface area (Å²) >= 11 is 1.64. The summed E-state index contributed by atoms with van der Waals surface area (Å²) in [4.78, 5) is 9.64. The van der Waals surface area contributed by atoms with Gasteiger partial charge in [0, 0.05) is 10.5 Å². The number of anilines is 1. The lowest BCUT2D eigenvalue weighted by Gasteiger charge is -2.10. The highest BCUT2D eigenvalue weighted by molar-refractivity contribution is 7.99. The lowest BCUT2D eigenvalue weighted by molar-refractivity contribution is 0.941. The lowest BCUT2D eigenvalue weighted by Crippen LogP contribution is -2.12. The van der Waals surface area contributed by atoms with E-state index in [0.717, 1.165) is 17.0 Å². The number of rotatable bonds is 4. The number of hydrazine groups is 1. The first-order valence-electron chi connectivity index (χ1n) is 5.79. The molecule has 1 aromatic carbocycles. The van der Waals surface area contributed by atoms with Gasteiger partial charge in [-0.15, -0.1) is 0 Å². The summed E-state index contributed by atoms with van der Waals surface area (Å²) in [5, 5.41) is 0.950. The molecule has 0 spiro atoms. The van der Waals surface area contributed by atoms with Gasteiger partial charge < -0.3 is 5.43 Å². The standard InChI is InChI=1S/C13H16N4S/c1-3-11-12(17-14)15-8-16-13(11)18-10-6-4-5-9(2)7-10/h4-8H,3,14H2,1-2H3,(H,15,16,17). The molecular weight excluding hydrogens is 244 g/mol. The molecule has 18 heavy (non-hydrogen) atoms. The molecule has 0 unspecified atom stereocenters. The number of benzene rings is 1. The van der Waals surface area contributed by atoms with Gasteiger partial charge in [0.1, 0.15) is 17.2 Å². The number of nitrogen functional groups attached to an aromatic ring is 1. The molecule has 1 heterocycles. The van der Waals surface area contributed by atoms with E-state index >= 15 is 0 Å². The van der Waals surface area contributed by atoms with E-state index in [1.807, 2.05) is 6.07 Å². The Labute approximate surface area is 111 Å². The van der Waals surface area contributed by atoms with Crippen LogP contribution in [0.4, 0.5) is 5.82 Å². The second kappa shape index (κ2) is 5.84. The first-order chi connectivity index (χ1) is 8.74. The number of aryl methyl sites for hydroxylation is 1. The molecule has 94 valence electrons. The number of hydrogen-bond acceptors (Lipinski definition) is 5. The molecule has 0 aliphatic carbocycles. The van der Waals surface area contributed by atoms with Crippen molar-refractivity contribution in [1.82, 2.24) is 9.97 Å². The van der Waals surface area contributed by atoms with E-state index in [9.17, 15) is 0 Å². The first-order valence-corrected chi connectivity index (χ1v) is 6.61. The quantitative estimate of drug-likeness (QED) is 0.503. The molecule has 3 N–H and O–H groups in total. The largest absolute Gasteiger partial charge is 0.308 e. The molecule has 4 nitrogen and oxygen atoms in total. The van der Waals surface area contributed by atoms with Crippen molar-refractivity contribution < 1.29 is 0 Å². The molecule has 0 aliphatic heterocycles. The van der Waals surface area contributed by atoms with Crippen molar-refractivity contribution in [3.8, 4) is 0 Å². The van der Waals surface area contributed by atoms with Crippen molar-refractivity contribution in [3.05, 3.63) is 41.7 Å². The minimum absolute atomic E-state index is 0.697. The van der Waals surface area contributed by atoms with Crippen LogP contribution >= 0.6 is 11.8 Å². The summed E-state index contributed by atoms with van der Waals surface area (Å²) < 4.78 is 0. The van der Waals surface area contributed by atoms with E-state index in [1.165, 1.54) is 16.8 Å². The normalized spacial score (nSPS) is 10.4. The Balaban J connectivity index is 2.34. The van der Waals surface area contributed by atoms with Crippen LogP contribution in [0.25, 0.3) is 0 Å². The summed E-state index contributed by atoms with van der Waals surface area (Å²) in [6.45, 7) is 4.15. The van der Waals surface area contributed by atoms with Gasteiger partial charge in [0.2, 0.25) is 0 Å². The molecule has 0 bridgehead atoms. The van der Waals surface area contributed by atoms with Gasteiger partial charge >= 0.3 is 0 Å². The van der Waals surface area contributed by atoms with E-state index in [4.69, 9.17) is 5.84 Å². The van der Waals surface area contributed by atoms with Crippen molar-refractivity contribution in [2.24, 2.45) is 5.84 Å². The van der Waals surface area contributed by atoms with Crippen molar-refractivity contribution in [1.29, 1.82) is 0 Å². The lowest BCUT2D eigenvalue weighted by atomic mass is 10.2. The Morgan fingerprint density at radius 2 is 2.17 bits per heavy atom. The maximum Gasteiger partial charge on any atom is 0.147 e. The van der Waals surface area contributed by atoms with Gasteiger partial charge in [-0.25, -0.2) is 15.8 Å². The maximum atomic E-state index is 5.46. The van der Waals surface area contributed by atoms with Crippen LogP contribution in [-0.4, -0.2) is 9.97 Å². The number of nitrogens with two attached hydrogens (primary N) is 1. The molecule has 0 saturated carbocycles. The Morgan fingerprint density at radius 1 is 1.33 bits per heavy atom. The SMILES string of the molecule is CCc1c(NN)ncnc1Sc1cccc(C)c1. The van der Waals surface area contributed by atoms with Crippen molar-refractivity contribution >= 4 is 17.6 Å². The summed E-state index contributed by atoms with van der Waals surface area (Å²) in [6, 6.07) is 8.35. The number of nitrogens with one attached hydrogen (secondary N) is 1. The van der Waals surface area contributed by atoms with Gasteiger partial charge in [-0.3, -0.25) is 0 Å². The van der Waals surface area contributed by atoms with Crippen LogP contribution in [-0.2, 0) is 6.42 Å². The molecule has 2 aromatic rings. The van der Waals surface area contributed by atoms with Gasteiger partial charge in [-0.2, -0.15) is 0 Å². The Bertz CT molecular complexity index is 542. The third kappa shape index (κ3) is 2.80. The van der Waals surface area contributed by atoms with Crippen LogP contribution in [0.3, 0.4) is 0 Å². The fourth-order valence-corrected chi connectivity index (χ4v) is 2.80. The molecule has 0 saturated heterocycles. The zero-order chi connectivity index (χ0) is 13.0. The fourth-order valence-electron chi connectivity index (χ4n) is 1.72. The average molecular weight is 260 g/mol. The van der Waals surface area contributed by atoms with Gasteiger partial charge in [0.25, 0.3) is 0 Å². The van der Waals surface area contributed by atoms with Crippen LogP contribution in [0.2, 0.25) is 0 Å². The highest BCUT2D eigenvalue weighted by atomic mass is 32.2. The average Bonchev–Trinajstić information content (AvgIpc) is 2.38. The number of nitrogens with zero attached hydrogens (tertiary/aromatic N) is 2. The Morgan fingerprint density at radius 3 is 2.83 bits per heavy atom. The minimum Gasteiger partial charge on any atom is -0.308 e. The monoisotopic (exact) mass is 260 g/mol. The second-order valence-electron chi connectivity index (χ2n) is 3.92. The Hall–Kier alpha value is -1.59. The third-order valence-electron chi connectivity index (χ3n) is 2.60.